The van der Waals surface area contributed by atoms with E-state index in [2.05, 4.69) is 37.3 Å². The van der Waals surface area contributed by atoms with Gasteiger partial charge in [-0.05, 0) is 29.5 Å². The Balaban J connectivity index is 1.99. The van der Waals surface area contributed by atoms with Crippen LogP contribution in [-0.4, -0.2) is 20.5 Å². The number of hydrogen-bond acceptors (Lipinski definition) is 3. The van der Waals surface area contributed by atoms with E-state index in [4.69, 9.17) is 0 Å². The highest BCUT2D eigenvalue weighted by Crippen LogP contribution is 2.41. The summed E-state index contributed by atoms with van der Waals surface area (Å²) in [7, 11) is 0. The summed E-state index contributed by atoms with van der Waals surface area (Å²) < 4.78 is 16.9. The Hall–Kier alpha value is -1.14. The van der Waals surface area contributed by atoms with E-state index in [9.17, 15) is 4.39 Å². The van der Waals surface area contributed by atoms with Gasteiger partial charge in [-0.3, -0.25) is 4.57 Å². The fourth-order valence-electron chi connectivity index (χ4n) is 2.01. The molecule has 0 amide bonds. The molecule has 0 N–H and O–H groups in total. The van der Waals surface area contributed by atoms with Gasteiger partial charge in [-0.15, -0.1) is 10.2 Å². The maximum absolute atomic E-state index is 14.0. The lowest BCUT2D eigenvalue weighted by atomic mass is 10.2. The molecular weight excluding hydrogens is 341 g/mol. The van der Waals surface area contributed by atoms with Crippen LogP contribution in [0.4, 0.5) is 4.39 Å². The van der Waals surface area contributed by atoms with Crippen LogP contribution in [0.25, 0.3) is 11.4 Å². The molecule has 0 saturated heterocycles. The molecule has 1 aromatic carbocycles. The average Bonchev–Trinajstić information content (AvgIpc) is 3.17. The largest absolute Gasteiger partial charge is 0.299 e. The zero-order valence-corrected chi connectivity index (χ0v) is 13.1. The Labute approximate surface area is 129 Å². The van der Waals surface area contributed by atoms with Crippen LogP contribution in [0.2, 0.25) is 0 Å². The van der Waals surface area contributed by atoms with Crippen molar-refractivity contribution in [2.24, 2.45) is 0 Å². The number of rotatable bonds is 5. The molecule has 104 valence electrons. The maximum atomic E-state index is 14.0. The first kappa shape index (κ1) is 13.8. The summed E-state index contributed by atoms with van der Waals surface area (Å²) in [4.78, 5) is 0. The number of halogens is 2. The van der Waals surface area contributed by atoms with Crippen molar-refractivity contribution >= 4 is 27.7 Å². The summed E-state index contributed by atoms with van der Waals surface area (Å²) in [6.45, 7) is 3.82. The monoisotopic (exact) mass is 353 g/mol. The van der Waals surface area contributed by atoms with E-state index in [1.807, 2.05) is 6.07 Å². The van der Waals surface area contributed by atoms with E-state index in [0.29, 0.717) is 17.4 Å². The minimum atomic E-state index is -0.261. The Morgan fingerprint density at radius 3 is 2.80 bits per heavy atom. The van der Waals surface area contributed by atoms with Gasteiger partial charge < -0.3 is 0 Å². The second kappa shape index (κ2) is 5.69. The van der Waals surface area contributed by atoms with Gasteiger partial charge >= 0.3 is 0 Å². The lowest BCUT2D eigenvalue weighted by Crippen LogP contribution is -2.01. The van der Waals surface area contributed by atoms with Gasteiger partial charge in [0, 0.05) is 11.8 Å². The number of nitrogens with zero attached hydrogens (tertiary/aromatic N) is 3. The van der Waals surface area contributed by atoms with Gasteiger partial charge in [0.2, 0.25) is 0 Å². The summed E-state index contributed by atoms with van der Waals surface area (Å²) in [5.41, 5.74) is 0.511. The Bertz CT molecular complexity index is 652. The zero-order chi connectivity index (χ0) is 14.1. The van der Waals surface area contributed by atoms with Gasteiger partial charge in [-0.25, -0.2) is 4.39 Å². The molecule has 3 rings (SSSR count). The molecule has 0 aliphatic heterocycles. The molecule has 1 fully saturated rings. The summed E-state index contributed by atoms with van der Waals surface area (Å²) in [5.74, 6) is 1.08. The zero-order valence-electron chi connectivity index (χ0n) is 10.7. The van der Waals surface area contributed by atoms with Crippen LogP contribution in [0, 0.1) is 5.82 Å². The van der Waals surface area contributed by atoms with E-state index in [1.165, 1.54) is 6.07 Å². The van der Waals surface area contributed by atoms with Gasteiger partial charge in [0.1, 0.15) is 5.82 Å². The third-order valence-corrected chi connectivity index (χ3v) is 4.73. The first-order valence-electron chi connectivity index (χ1n) is 6.32. The van der Waals surface area contributed by atoms with Crippen molar-refractivity contribution in [1.29, 1.82) is 0 Å². The first-order chi connectivity index (χ1) is 9.66. The predicted octanol–water partition coefficient (Wildman–Crippen LogP) is 4.42. The molecule has 0 radical (unpaired) electrons. The van der Waals surface area contributed by atoms with Crippen LogP contribution >= 0.6 is 27.7 Å². The maximum Gasteiger partial charge on any atom is 0.192 e. The van der Waals surface area contributed by atoms with Crippen molar-refractivity contribution in [2.45, 2.75) is 24.0 Å². The van der Waals surface area contributed by atoms with Crippen LogP contribution in [0.1, 0.15) is 18.9 Å². The Morgan fingerprint density at radius 1 is 1.40 bits per heavy atom. The standard InChI is InChI=1S/C14H13BrFN3S/c1-9(15)8-20-14-18-17-13(19(14)10-6-7-10)11-4-2-3-5-12(11)16/h2-5,10H,1,6-8H2. The average molecular weight is 354 g/mol. The number of aromatic nitrogens is 3. The highest BCUT2D eigenvalue weighted by molar-refractivity contribution is 9.11. The van der Waals surface area contributed by atoms with Crippen molar-refractivity contribution in [2.75, 3.05) is 5.75 Å². The SMILES string of the molecule is C=C(Br)CSc1nnc(-c2ccccc2F)n1C1CC1. The van der Waals surface area contributed by atoms with Crippen molar-refractivity contribution in [3.8, 4) is 11.4 Å². The topological polar surface area (TPSA) is 30.7 Å². The number of hydrogen-bond donors (Lipinski definition) is 0. The van der Waals surface area contributed by atoms with Gasteiger partial charge in [0.15, 0.2) is 11.0 Å². The molecule has 6 heteroatoms. The van der Waals surface area contributed by atoms with Crippen LogP contribution in [0.15, 0.2) is 40.5 Å². The first-order valence-corrected chi connectivity index (χ1v) is 8.10. The van der Waals surface area contributed by atoms with Gasteiger partial charge in [0.25, 0.3) is 0 Å². The number of benzene rings is 1. The van der Waals surface area contributed by atoms with Crippen LogP contribution < -0.4 is 0 Å². The van der Waals surface area contributed by atoms with Crippen molar-refractivity contribution in [1.82, 2.24) is 14.8 Å². The molecule has 20 heavy (non-hydrogen) atoms. The minimum absolute atomic E-state index is 0.261. The summed E-state index contributed by atoms with van der Waals surface area (Å²) >= 11 is 4.91. The van der Waals surface area contributed by atoms with Gasteiger partial charge in [-0.1, -0.05) is 46.4 Å². The summed E-state index contributed by atoms with van der Waals surface area (Å²) in [6, 6.07) is 7.09. The smallest absolute Gasteiger partial charge is 0.192 e. The fraction of sp³-hybridized carbons (Fsp3) is 0.286. The molecular formula is C14H13BrFN3S. The highest BCUT2D eigenvalue weighted by atomic mass is 79.9. The van der Waals surface area contributed by atoms with Crippen LogP contribution in [0.3, 0.4) is 0 Å². The normalized spacial score (nSPS) is 14.5. The Kier molecular flexibility index (Phi) is 3.94. The minimum Gasteiger partial charge on any atom is -0.299 e. The van der Waals surface area contributed by atoms with Crippen LogP contribution in [-0.2, 0) is 0 Å². The molecule has 0 spiro atoms. The molecule has 1 aromatic heterocycles. The van der Waals surface area contributed by atoms with Crippen molar-refractivity contribution < 1.29 is 4.39 Å². The van der Waals surface area contributed by atoms with Crippen LogP contribution in [0.5, 0.6) is 0 Å². The quantitative estimate of drug-likeness (QED) is 0.745. The lowest BCUT2D eigenvalue weighted by Gasteiger charge is -2.09. The van der Waals surface area contributed by atoms with Crippen molar-refractivity contribution in [3.63, 3.8) is 0 Å². The molecule has 1 aliphatic rings. The molecule has 3 nitrogen and oxygen atoms in total. The molecule has 0 atom stereocenters. The lowest BCUT2D eigenvalue weighted by molar-refractivity contribution is 0.622. The van der Waals surface area contributed by atoms with Crippen molar-refractivity contribution in [3.05, 3.63) is 41.1 Å². The highest BCUT2D eigenvalue weighted by Gasteiger charge is 2.30. The molecule has 1 heterocycles. The third-order valence-electron chi connectivity index (χ3n) is 3.05. The van der Waals surface area contributed by atoms with E-state index in [1.54, 1.807) is 23.9 Å². The second-order valence-corrected chi connectivity index (χ2v) is 6.76. The van der Waals surface area contributed by atoms with E-state index in [0.717, 1.165) is 28.2 Å². The fourth-order valence-corrected chi connectivity index (χ4v) is 3.11. The van der Waals surface area contributed by atoms with E-state index >= 15 is 0 Å². The van der Waals surface area contributed by atoms with E-state index in [-0.39, 0.29) is 5.82 Å². The molecule has 1 aliphatic carbocycles. The number of thioether (sulfide) groups is 1. The molecule has 0 bridgehead atoms. The summed E-state index contributed by atoms with van der Waals surface area (Å²) in [5, 5.41) is 9.23. The molecule has 1 saturated carbocycles. The third kappa shape index (κ3) is 2.81. The molecule has 2 aromatic rings. The Morgan fingerprint density at radius 2 is 2.15 bits per heavy atom. The van der Waals surface area contributed by atoms with Gasteiger partial charge in [0.05, 0.1) is 5.56 Å². The van der Waals surface area contributed by atoms with Gasteiger partial charge in [-0.2, -0.15) is 0 Å². The predicted molar refractivity (Wildman–Crippen MR) is 82.5 cm³/mol. The second-order valence-electron chi connectivity index (χ2n) is 4.69. The molecule has 0 unspecified atom stereocenters. The van der Waals surface area contributed by atoms with E-state index < -0.39 is 0 Å². The summed E-state index contributed by atoms with van der Waals surface area (Å²) in [6.07, 6.45) is 2.20.